The minimum absolute atomic E-state index is 0.124. The molecule has 2 heterocycles. The Morgan fingerprint density at radius 3 is 2.85 bits per heavy atom. The SMILES string of the molecule is C#CC1(O)C(O)=C([C@H](C)O)O[C@H]1n1ncc(N)nc1=O. The fourth-order valence-corrected chi connectivity index (χ4v) is 1.75. The van der Waals surface area contributed by atoms with E-state index < -0.39 is 29.4 Å². The molecule has 2 rings (SSSR count). The van der Waals surface area contributed by atoms with Crippen LogP contribution in [-0.2, 0) is 4.74 Å². The van der Waals surface area contributed by atoms with Crippen molar-refractivity contribution in [2.24, 2.45) is 0 Å². The lowest BCUT2D eigenvalue weighted by molar-refractivity contribution is -0.0670. The predicted octanol–water partition coefficient (Wildman–Crippen LogP) is -1.74. The van der Waals surface area contributed by atoms with Crippen molar-refractivity contribution in [2.45, 2.75) is 24.9 Å². The second kappa shape index (κ2) is 4.52. The molecule has 5 N–H and O–H groups in total. The van der Waals surface area contributed by atoms with E-state index in [1.165, 1.54) is 6.92 Å². The number of anilines is 1. The maximum absolute atomic E-state index is 11.7. The van der Waals surface area contributed by atoms with Gasteiger partial charge in [-0.3, -0.25) is 0 Å². The van der Waals surface area contributed by atoms with Crippen molar-refractivity contribution in [1.29, 1.82) is 0 Å². The number of aliphatic hydroxyl groups excluding tert-OH is 2. The van der Waals surface area contributed by atoms with E-state index in [2.05, 4.69) is 10.1 Å². The van der Waals surface area contributed by atoms with Gasteiger partial charge in [0.2, 0.25) is 11.8 Å². The first kappa shape index (κ1) is 13.9. The van der Waals surface area contributed by atoms with Crippen molar-refractivity contribution in [3.8, 4) is 12.3 Å². The molecule has 0 saturated carbocycles. The van der Waals surface area contributed by atoms with Gasteiger partial charge < -0.3 is 25.8 Å². The van der Waals surface area contributed by atoms with Gasteiger partial charge in [-0.2, -0.15) is 14.8 Å². The zero-order chi connectivity index (χ0) is 15.1. The summed E-state index contributed by atoms with van der Waals surface area (Å²) in [6, 6.07) is 0. The van der Waals surface area contributed by atoms with Gasteiger partial charge in [0.25, 0.3) is 0 Å². The maximum atomic E-state index is 11.7. The highest BCUT2D eigenvalue weighted by Crippen LogP contribution is 2.39. The number of ether oxygens (including phenoxy) is 1. The van der Waals surface area contributed by atoms with E-state index in [1.54, 1.807) is 0 Å². The van der Waals surface area contributed by atoms with Crippen molar-refractivity contribution in [1.82, 2.24) is 14.8 Å². The molecule has 0 fully saturated rings. The molecule has 0 spiro atoms. The molecular weight excluding hydrogens is 268 g/mol. The Hall–Kier alpha value is -2.57. The topological polar surface area (TPSA) is 144 Å². The lowest BCUT2D eigenvalue weighted by Crippen LogP contribution is -2.43. The third kappa shape index (κ3) is 1.87. The van der Waals surface area contributed by atoms with Gasteiger partial charge in [0, 0.05) is 0 Å². The smallest absolute Gasteiger partial charge is 0.369 e. The first-order valence-corrected chi connectivity index (χ1v) is 5.51. The fourth-order valence-electron chi connectivity index (χ4n) is 1.75. The molecular formula is C11H12N4O5. The van der Waals surface area contributed by atoms with Crippen LogP contribution in [0.3, 0.4) is 0 Å². The zero-order valence-corrected chi connectivity index (χ0v) is 10.4. The van der Waals surface area contributed by atoms with Gasteiger partial charge >= 0.3 is 5.69 Å². The predicted molar refractivity (Wildman–Crippen MR) is 65.9 cm³/mol. The molecule has 106 valence electrons. The lowest BCUT2D eigenvalue weighted by atomic mass is 10.0. The van der Waals surface area contributed by atoms with Crippen LogP contribution in [0.1, 0.15) is 13.2 Å². The maximum Gasteiger partial charge on any atom is 0.369 e. The molecule has 9 nitrogen and oxygen atoms in total. The fraction of sp³-hybridized carbons (Fsp3) is 0.364. The van der Waals surface area contributed by atoms with Crippen LogP contribution in [0.2, 0.25) is 0 Å². The first-order chi connectivity index (χ1) is 9.31. The Kier molecular flexibility index (Phi) is 3.13. The number of aliphatic hydroxyl groups is 3. The van der Waals surface area contributed by atoms with Crippen molar-refractivity contribution < 1.29 is 20.1 Å². The van der Waals surface area contributed by atoms with Gasteiger partial charge in [0.1, 0.15) is 11.9 Å². The first-order valence-electron chi connectivity index (χ1n) is 5.51. The van der Waals surface area contributed by atoms with Crippen molar-refractivity contribution in [2.75, 3.05) is 5.73 Å². The van der Waals surface area contributed by atoms with Crippen LogP contribution in [-0.4, -0.2) is 41.8 Å². The van der Waals surface area contributed by atoms with Crippen LogP contribution in [0.4, 0.5) is 5.82 Å². The highest BCUT2D eigenvalue weighted by molar-refractivity contribution is 5.33. The number of aromatic nitrogens is 3. The van der Waals surface area contributed by atoms with Gasteiger partial charge in [-0.25, -0.2) is 4.79 Å². The van der Waals surface area contributed by atoms with Crippen LogP contribution in [0.15, 0.2) is 22.5 Å². The molecule has 1 unspecified atom stereocenters. The number of hydrogen-bond donors (Lipinski definition) is 4. The highest BCUT2D eigenvalue weighted by atomic mass is 16.6. The molecule has 1 aromatic rings. The normalized spacial score (nSPS) is 27.0. The van der Waals surface area contributed by atoms with E-state index in [0.29, 0.717) is 4.68 Å². The number of rotatable bonds is 2. The van der Waals surface area contributed by atoms with Crippen molar-refractivity contribution in [3.63, 3.8) is 0 Å². The molecule has 1 aliphatic rings. The Morgan fingerprint density at radius 2 is 2.35 bits per heavy atom. The summed E-state index contributed by atoms with van der Waals surface area (Å²) in [5.41, 5.74) is 2.02. The summed E-state index contributed by atoms with van der Waals surface area (Å²) in [5, 5.41) is 33.2. The Bertz CT molecular complexity index is 674. The summed E-state index contributed by atoms with van der Waals surface area (Å²) in [6.07, 6.45) is 3.44. The molecule has 0 aromatic carbocycles. The molecule has 0 amide bonds. The molecule has 20 heavy (non-hydrogen) atoms. The van der Waals surface area contributed by atoms with Gasteiger partial charge in [-0.15, -0.1) is 6.42 Å². The summed E-state index contributed by atoms with van der Waals surface area (Å²) in [5.74, 6) is 0.689. The monoisotopic (exact) mass is 280 g/mol. The molecule has 9 heteroatoms. The van der Waals surface area contributed by atoms with Crippen molar-refractivity contribution >= 4 is 5.82 Å². The number of nitrogens with zero attached hydrogens (tertiary/aromatic N) is 3. The molecule has 0 radical (unpaired) electrons. The Labute approximate surface area is 112 Å². The van der Waals surface area contributed by atoms with E-state index in [0.717, 1.165) is 6.20 Å². The molecule has 0 bridgehead atoms. The van der Waals surface area contributed by atoms with Gasteiger partial charge in [-0.05, 0) is 6.92 Å². The van der Waals surface area contributed by atoms with E-state index in [1.807, 2.05) is 5.92 Å². The number of hydrogen-bond acceptors (Lipinski definition) is 8. The van der Waals surface area contributed by atoms with Crippen LogP contribution in [0.25, 0.3) is 0 Å². The molecule has 1 aromatic heterocycles. The standard InChI is InChI=1S/C11H12N4O5/c1-3-11(19)8(17)7(5(2)16)20-9(11)15-10(18)14-6(12)4-13-15/h1,4-5,9,16-17,19H,2H3,(H2,12,14,18)/t5-,9+,11?/m0/s1. The van der Waals surface area contributed by atoms with Crippen LogP contribution in [0, 0.1) is 12.3 Å². The Morgan fingerprint density at radius 1 is 1.70 bits per heavy atom. The average molecular weight is 280 g/mol. The van der Waals surface area contributed by atoms with Crippen molar-refractivity contribution in [3.05, 3.63) is 28.2 Å². The summed E-state index contributed by atoms with van der Waals surface area (Å²) >= 11 is 0. The van der Waals surface area contributed by atoms with E-state index in [4.69, 9.17) is 16.9 Å². The van der Waals surface area contributed by atoms with E-state index in [-0.39, 0.29) is 11.6 Å². The minimum atomic E-state index is -2.35. The van der Waals surface area contributed by atoms with Crippen LogP contribution in [0.5, 0.6) is 0 Å². The lowest BCUT2D eigenvalue weighted by Gasteiger charge is -2.23. The average Bonchev–Trinajstić information content (AvgIpc) is 2.64. The van der Waals surface area contributed by atoms with Gasteiger partial charge in [-0.1, -0.05) is 5.92 Å². The molecule has 1 aliphatic heterocycles. The molecule has 3 atom stereocenters. The third-order valence-corrected chi connectivity index (χ3v) is 2.75. The summed E-state index contributed by atoms with van der Waals surface area (Å²) in [7, 11) is 0. The molecule has 0 saturated heterocycles. The second-order valence-electron chi connectivity index (χ2n) is 4.18. The van der Waals surface area contributed by atoms with Crippen LogP contribution >= 0.6 is 0 Å². The van der Waals surface area contributed by atoms with E-state index >= 15 is 0 Å². The summed E-state index contributed by atoms with van der Waals surface area (Å²) in [6.45, 7) is 1.29. The zero-order valence-electron chi connectivity index (χ0n) is 10.4. The third-order valence-electron chi connectivity index (χ3n) is 2.75. The van der Waals surface area contributed by atoms with E-state index in [9.17, 15) is 20.1 Å². The van der Waals surface area contributed by atoms with Crippen LogP contribution < -0.4 is 11.4 Å². The quantitative estimate of drug-likeness (QED) is 0.467. The number of nitrogens with two attached hydrogens (primary N) is 1. The number of nitrogen functional groups attached to an aromatic ring is 1. The van der Waals surface area contributed by atoms with Gasteiger partial charge in [0.15, 0.2) is 11.5 Å². The molecule has 0 aliphatic carbocycles. The summed E-state index contributed by atoms with van der Waals surface area (Å²) < 4.78 is 5.78. The highest BCUT2D eigenvalue weighted by Gasteiger charge is 2.52. The Balaban J connectivity index is 2.55. The minimum Gasteiger partial charge on any atom is -0.505 e. The summed E-state index contributed by atoms with van der Waals surface area (Å²) in [4.78, 5) is 15.1. The second-order valence-corrected chi connectivity index (χ2v) is 4.18. The largest absolute Gasteiger partial charge is 0.505 e. The van der Waals surface area contributed by atoms with Gasteiger partial charge in [0.05, 0.1) is 6.20 Å². The number of terminal acetylenes is 1.